The average Bonchev–Trinajstić information content (AvgIpc) is 2.49. The molecule has 0 spiro atoms. The lowest BCUT2D eigenvalue weighted by Gasteiger charge is -2.19. The molecule has 0 radical (unpaired) electrons. The molecule has 1 atom stereocenters. The quantitative estimate of drug-likeness (QED) is 0.656. The lowest BCUT2D eigenvalue weighted by atomic mass is 9.89. The minimum Gasteiger partial charge on any atom is -0.497 e. The summed E-state index contributed by atoms with van der Waals surface area (Å²) in [5, 5.41) is 9.15. The van der Waals surface area contributed by atoms with Crippen LogP contribution in [0, 0.1) is 0 Å². The summed E-state index contributed by atoms with van der Waals surface area (Å²) >= 11 is 0. The number of aliphatic carboxylic acids is 1. The second kappa shape index (κ2) is 9.27. The maximum absolute atomic E-state index is 11.1. The van der Waals surface area contributed by atoms with E-state index in [-0.39, 0.29) is 12.3 Å². The van der Waals surface area contributed by atoms with Crippen LogP contribution in [-0.2, 0) is 4.79 Å². The Morgan fingerprint density at radius 3 is 2.52 bits per heavy atom. The van der Waals surface area contributed by atoms with Crippen LogP contribution < -0.4 is 9.47 Å². The molecule has 0 aromatic heterocycles. The summed E-state index contributed by atoms with van der Waals surface area (Å²) in [6.45, 7) is 2.17. The van der Waals surface area contributed by atoms with Crippen molar-refractivity contribution in [3.8, 4) is 11.5 Å². The number of unbranched alkanes of at least 4 members (excludes halogenated alkanes) is 3. The van der Waals surface area contributed by atoms with E-state index >= 15 is 0 Å². The second-order valence-corrected chi connectivity index (χ2v) is 5.25. The molecule has 1 rings (SSSR count). The predicted octanol–water partition coefficient (Wildman–Crippen LogP) is 4.23. The number of ether oxygens (including phenoxy) is 2. The fourth-order valence-corrected chi connectivity index (χ4v) is 2.55. The molecular formula is C17H26O4. The van der Waals surface area contributed by atoms with Crippen molar-refractivity contribution in [2.75, 3.05) is 14.2 Å². The maximum atomic E-state index is 11.1. The Kier molecular flexibility index (Phi) is 7.65. The molecule has 0 aliphatic carbocycles. The number of hydrogen-bond donors (Lipinski definition) is 1. The summed E-state index contributed by atoms with van der Waals surface area (Å²) in [6, 6.07) is 5.60. The van der Waals surface area contributed by atoms with Gasteiger partial charge in [-0.25, -0.2) is 0 Å². The Hall–Kier alpha value is -1.71. The van der Waals surface area contributed by atoms with Crippen molar-refractivity contribution in [2.45, 2.75) is 51.4 Å². The van der Waals surface area contributed by atoms with Crippen molar-refractivity contribution < 1.29 is 19.4 Å². The first kappa shape index (κ1) is 17.3. The number of carbonyl (C=O) groups is 1. The normalized spacial score (nSPS) is 12.0. The Morgan fingerprint density at radius 1 is 1.19 bits per heavy atom. The zero-order valence-electron chi connectivity index (χ0n) is 13.2. The van der Waals surface area contributed by atoms with Crippen molar-refractivity contribution in [1.29, 1.82) is 0 Å². The Morgan fingerprint density at radius 2 is 1.95 bits per heavy atom. The second-order valence-electron chi connectivity index (χ2n) is 5.25. The maximum Gasteiger partial charge on any atom is 0.303 e. The van der Waals surface area contributed by atoms with E-state index in [0.717, 1.165) is 30.6 Å². The molecule has 4 nitrogen and oxygen atoms in total. The number of rotatable bonds is 10. The largest absolute Gasteiger partial charge is 0.497 e. The molecule has 4 heteroatoms. The van der Waals surface area contributed by atoms with Crippen LogP contribution in [0.15, 0.2) is 18.2 Å². The zero-order valence-corrected chi connectivity index (χ0v) is 13.2. The van der Waals surface area contributed by atoms with Crippen molar-refractivity contribution in [2.24, 2.45) is 0 Å². The molecule has 0 aliphatic rings. The van der Waals surface area contributed by atoms with E-state index in [1.54, 1.807) is 14.2 Å². The Bertz CT molecular complexity index is 442. The molecule has 0 saturated carbocycles. The lowest BCUT2D eigenvalue weighted by Crippen LogP contribution is -2.08. The van der Waals surface area contributed by atoms with Crippen molar-refractivity contribution in [1.82, 2.24) is 0 Å². The smallest absolute Gasteiger partial charge is 0.303 e. The van der Waals surface area contributed by atoms with Crippen LogP contribution in [0.3, 0.4) is 0 Å². The summed E-state index contributed by atoms with van der Waals surface area (Å²) in [5.41, 5.74) is 0.956. The fourth-order valence-electron chi connectivity index (χ4n) is 2.55. The van der Waals surface area contributed by atoms with Gasteiger partial charge in [-0.15, -0.1) is 0 Å². The van der Waals surface area contributed by atoms with E-state index < -0.39 is 5.97 Å². The fraction of sp³-hybridized carbons (Fsp3) is 0.588. The first-order chi connectivity index (χ1) is 10.1. The number of benzene rings is 1. The van der Waals surface area contributed by atoms with Gasteiger partial charge in [0.2, 0.25) is 0 Å². The molecule has 1 N–H and O–H groups in total. The number of hydrogen-bond acceptors (Lipinski definition) is 3. The third-order valence-corrected chi connectivity index (χ3v) is 3.71. The highest BCUT2D eigenvalue weighted by atomic mass is 16.5. The van der Waals surface area contributed by atoms with Crippen LogP contribution in [0.25, 0.3) is 0 Å². The van der Waals surface area contributed by atoms with Crippen LogP contribution in [0.2, 0.25) is 0 Å². The standard InChI is InChI=1S/C17H26O4/c1-4-5-6-7-8-13(11-17(18)19)15-10-9-14(20-2)12-16(15)21-3/h9-10,12-13H,4-8,11H2,1-3H3,(H,18,19). The van der Waals surface area contributed by atoms with Gasteiger partial charge in [0, 0.05) is 6.07 Å². The van der Waals surface area contributed by atoms with Gasteiger partial charge < -0.3 is 14.6 Å². The molecule has 1 aromatic carbocycles. The van der Waals surface area contributed by atoms with Crippen molar-refractivity contribution >= 4 is 5.97 Å². The van der Waals surface area contributed by atoms with Crippen LogP contribution in [0.4, 0.5) is 0 Å². The van der Waals surface area contributed by atoms with E-state index in [1.165, 1.54) is 12.8 Å². The van der Waals surface area contributed by atoms with Gasteiger partial charge in [0.05, 0.1) is 20.6 Å². The third kappa shape index (κ3) is 5.66. The van der Waals surface area contributed by atoms with Gasteiger partial charge in [0.15, 0.2) is 0 Å². The Labute approximate surface area is 127 Å². The predicted molar refractivity (Wildman–Crippen MR) is 83.3 cm³/mol. The summed E-state index contributed by atoms with van der Waals surface area (Å²) in [4.78, 5) is 11.1. The van der Waals surface area contributed by atoms with E-state index in [0.29, 0.717) is 5.75 Å². The van der Waals surface area contributed by atoms with Gasteiger partial charge >= 0.3 is 5.97 Å². The van der Waals surface area contributed by atoms with Crippen molar-refractivity contribution in [3.05, 3.63) is 23.8 Å². The van der Waals surface area contributed by atoms with Gasteiger partial charge in [-0.2, -0.15) is 0 Å². The summed E-state index contributed by atoms with van der Waals surface area (Å²) < 4.78 is 10.6. The summed E-state index contributed by atoms with van der Waals surface area (Å²) in [5.74, 6) is 0.639. The molecular weight excluding hydrogens is 268 g/mol. The minimum absolute atomic E-state index is 0.0137. The molecule has 0 heterocycles. The highest BCUT2D eigenvalue weighted by molar-refractivity contribution is 5.68. The molecule has 1 unspecified atom stereocenters. The van der Waals surface area contributed by atoms with Crippen LogP contribution >= 0.6 is 0 Å². The number of carboxylic acids is 1. The molecule has 1 aromatic rings. The number of carboxylic acid groups (broad SMARTS) is 1. The van der Waals surface area contributed by atoms with Crippen LogP contribution in [0.5, 0.6) is 11.5 Å². The van der Waals surface area contributed by atoms with Crippen LogP contribution in [-0.4, -0.2) is 25.3 Å². The minimum atomic E-state index is -0.770. The SMILES string of the molecule is CCCCCCC(CC(=O)O)c1ccc(OC)cc1OC. The summed E-state index contributed by atoms with van der Waals surface area (Å²) in [7, 11) is 3.21. The summed E-state index contributed by atoms with van der Waals surface area (Å²) in [6.07, 6.45) is 5.56. The topological polar surface area (TPSA) is 55.8 Å². The molecule has 0 saturated heterocycles. The van der Waals surface area contributed by atoms with Crippen molar-refractivity contribution in [3.63, 3.8) is 0 Å². The van der Waals surface area contributed by atoms with Crippen LogP contribution in [0.1, 0.15) is 56.9 Å². The Balaban J connectivity index is 2.88. The highest BCUT2D eigenvalue weighted by Crippen LogP contribution is 2.35. The van der Waals surface area contributed by atoms with Gasteiger partial charge in [-0.1, -0.05) is 38.7 Å². The lowest BCUT2D eigenvalue weighted by molar-refractivity contribution is -0.137. The average molecular weight is 294 g/mol. The van der Waals surface area contributed by atoms with Gasteiger partial charge in [0.25, 0.3) is 0 Å². The van der Waals surface area contributed by atoms with Gasteiger partial charge in [-0.3, -0.25) is 4.79 Å². The van der Waals surface area contributed by atoms with Gasteiger partial charge in [-0.05, 0) is 24.0 Å². The first-order valence-electron chi connectivity index (χ1n) is 7.56. The molecule has 0 amide bonds. The zero-order chi connectivity index (χ0) is 15.7. The third-order valence-electron chi connectivity index (χ3n) is 3.71. The first-order valence-corrected chi connectivity index (χ1v) is 7.56. The van der Waals surface area contributed by atoms with E-state index in [2.05, 4.69) is 6.92 Å². The van der Waals surface area contributed by atoms with Gasteiger partial charge in [0.1, 0.15) is 11.5 Å². The molecule has 0 bridgehead atoms. The van der Waals surface area contributed by atoms with E-state index in [9.17, 15) is 4.79 Å². The van der Waals surface area contributed by atoms with E-state index in [4.69, 9.17) is 14.6 Å². The van der Waals surface area contributed by atoms with E-state index in [1.807, 2.05) is 18.2 Å². The molecule has 21 heavy (non-hydrogen) atoms. The molecule has 0 aliphatic heterocycles. The monoisotopic (exact) mass is 294 g/mol. The number of methoxy groups -OCH3 is 2. The molecule has 0 fully saturated rings. The highest BCUT2D eigenvalue weighted by Gasteiger charge is 2.19. The molecule has 118 valence electrons.